The lowest BCUT2D eigenvalue weighted by atomic mass is 10.1. The van der Waals surface area contributed by atoms with E-state index in [1.165, 1.54) is 5.56 Å². The monoisotopic (exact) mass is 242 g/mol. The van der Waals surface area contributed by atoms with Gasteiger partial charge in [0.15, 0.2) is 0 Å². The molecule has 1 aromatic rings. The fraction of sp³-hybridized carbons (Fsp3) is 0.417. The van der Waals surface area contributed by atoms with Crippen LogP contribution in [0.1, 0.15) is 15.9 Å². The third kappa shape index (κ3) is 4.21. The van der Waals surface area contributed by atoms with Gasteiger partial charge in [0.2, 0.25) is 0 Å². The smallest absolute Gasteiger partial charge is 0.253 e. The average molecular weight is 243 g/mol. The summed E-state index contributed by atoms with van der Waals surface area (Å²) in [6.45, 7) is 3.55. The van der Waals surface area contributed by atoms with Gasteiger partial charge in [0.1, 0.15) is 0 Å². The number of hydrogen-bond acceptors (Lipinski definition) is 2. The van der Waals surface area contributed by atoms with Gasteiger partial charge in [-0.05, 0) is 26.1 Å². The summed E-state index contributed by atoms with van der Waals surface area (Å²) in [5, 5.41) is 3.02. The fourth-order valence-corrected chi connectivity index (χ4v) is 1.30. The number of rotatable bonds is 4. The van der Waals surface area contributed by atoms with E-state index < -0.39 is 0 Å². The van der Waals surface area contributed by atoms with Crippen molar-refractivity contribution in [2.75, 3.05) is 27.2 Å². The summed E-state index contributed by atoms with van der Waals surface area (Å²) >= 11 is 0. The molecule has 3 nitrogen and oxygen atoms in total. The Hall–Kier alpha value is -1.06. The summed E-state index contributed by atoms with van der Waals surface area (Å²) in [4.78, 5) is 13.6. The first-order valence-corrected chi connectivity index (χ1v) is 5.12. The number of hydrogen-bond donors (Lipinski definition) is 1. The molecule has 0 bridgehead atoms. The largest absolute Gasteiger partial charge is 0.340 e. The Morgan fingerprint density at radius 2 is 1.88 bits per heavy atom. The fourth-order valence-electron chi connectivity index (χ4n) is 1.30. The lowest BCUT2D eigenvalue weighted by Crippen LogP contribution is -2.32. The normalized spacial score (nSPS) is 9.44. The van der Waals surface area contributed by atoms with E-state index in [0.717, 1.165) is 18.7 Å². The molecule has 1 amide bonds. The van der Waals surface area contributed by atoms with Crippen molar-refractivity contribution in [3.8, 4) is 0 Å². The van der Waals surface area contributed by atoms with Gasteiger partial charge in [0.25, 0.3) is 5.91 Å². The molecule has 0 spiro atoms. The van der Waals surface area contributed by atoms with Crippen LogP contribution in [0.5, 0.6) is 0 Å². The Kier molecular flexibility index (Phi) is 6.77. The van der Waals surface area contributed by atoms with Crippen LogP contribution in [0.3, 0.4) is 0 Å². The molecule has 4 heteroatoms. The number of aryl methyl sites for hydroxylation is 1. The van der Waals surface area contributed by atoms with Crippen molar-refractivity contribution in [3.05, 3.63) is 35.4 Å². The highest BCUT2D eigenvalue weighted by Gasteiger charge is 2.09. The van der Waals surface area contributed by atoms with Crippen molar-refractivity contribution in [1.29, 1.82) is 0 Å². The van der Waals surface area contributed by atoms with Crippen LogP contribution < -0.4 is 5.32 Å². The quantitative estimate of drug-likeness (QED) is 0.872. The van der Waals surface area contributed by atoms with Crippen LogP contribution in [0.15, 0.2) is 24.3 Å². The van der Waals surface area contributed by atoms with Crippen LogP contribution in [0, 0.1) is 6.92 Å². The molecule has 90 valence electrons. The van der Waals surface area contributed by atoms with Crippen LogP contribution in [0.25, 0.3) is 0 Å². The summed E-state index contributed by atoms with van der Waals surface area (Å²) in [6, 6.07) is 7.65. The molecule has 16 heavy (non-hydrogen) atoms. The SMILES string of the molecule is CNCCN(C)C(=O)c1ccc(C)cc1.Cl. The van der Waals surface area contributed by atoms with Crippen molar-refractivity contribution in [3.63, 3.8) is 0 Å². The van der Waals surface area contributed by atoms with Gasteiger partial charge in [0.05, 0.1) is 0 Å². The molecule has 1 aromatic carbocycles. The van der Waals surface area contributed by atoms with Crippen molar-refractivity contribution >= 4 is 18.3 Å². The van der Waals surface area contributed by atoms with Gasteiger partial charge in [-0.15, -0.1) is 12.4 Å². The molecule has 1 N–H and O–H groups in total. The molecule has 0 unspecified atom stereocenters. The molecule has 0 heterocycles. The predicted octanol–water partition coefficient (Wildman–Crippen LogP) is 1.71. The summed E-state index contributed by atoms with van der Waals surface area (Å²) in [6.07, 6.45) is 0. The third-order valence-corrected chi connectivity index (χ3v) is 2.34. The highest BCUT2D eigenvalue weighted by atomic mass is 35.5. The van der Waals surface area contributed by atoms with E-state index in [2.05, 4.69) is 5.32 Å². The Morgan fingerprint density at radius 1 is 1.31 bits per heavy atom. The van der Waals surface area contributed by atoms with E-state index in [4.69, 9.17) is 0 Å². The van der Waals surface area contributed by atoms with E-state index in [9.17, 15) is 4.79 Å². The second-order valence-electron chi connectivity index (χ2n) is 3.70. The molecular formula is C12H19ClN2O. The topological polar surface area (TPSA) is 32.3 Å². The maximum absolute atomic E-state index is 11.9. The standard InChI is InChI=1S/C12H18N2O.ClH/c1-10-4-6-11(7-5-10)12(15)14(3)9-8-13-2;/h4-7,13H,8-9H2,1-3H3;1H. The van der Waals surface area contributed by atoms with Gasteiger partial charge in [-0.1, -0.05) is 17.7 Å². The Bertz CT molecular complexity index is 324. The molecule has 0 aromatic heterocycles. The molecule has 1 rings (SSSR count). The van der Waals surface area contributed by atoms with Gasteiger partial charge in [0, 0.05) is 25.7 Å². The first kappa shape index (κ1) is 14.9. The van der Waals surface area contributed by atoms with E-state index in [-0.39, 0.29) is 18.3 Å². The second-order valence-corrected chi connectivity index (χ2v) is 3.70. The molecule has 0 saturated carbocycles. The zero-order chi connectivity index (χ0) is 11.3. The van der Waals surface area contributed by atoms with Gasteiger partial charge in [-0.3, -0.25) is 4.79 Å². The van der Waals surface area contributed by atoms with Gasteiger partial charge < -0.3 is 10.2 Å². The number of carbonyl (C=O) groups excluding carboxylic acids is 1. The van der Waals surface area contributed by atoms with Crippen molar-refractivity contribution in [1.82, 2.24) is 10.2 Å². The van der Waals surface area contributed by atoms with Crippen LogP contribution in [0.2, 0.25) is 0 Å². The van der Waals surface area contributed by atoms with E-state index in [0.29, 0.717) is 0 Å². The summed E-state index contributed by atoms with van der Waals surface area (Å²) in [7, 11) is 3.70. The van der Waals surface area contributed by atoms with Crippen LogP contribution >= 0.6 is 12.4 Å². The van der Waals surface area contributed by atoms with Crippen LogP contribution in [-0.4, -0.2) is 38.0 Å². The van der Waals surface area contributed by atoms with E-state index in [1.807, 2.05) is 45.3 Å². The number of likely N-dealkylation sites (N-methyl/N-ethyl adjacent to an activating group) is 2. The van der Waals surface area contributed by atoms with Crippen molar-refractivity contribution < 1.29 is 4.79 Å². The lowest BCUT2D eigenvalue weighted by Gasteiger charge is -2.16. The molecule has 0 saturated heterocycles. The minimum Gasteiger partial charge on any atom is -0.340 e. The molecule has 0 aliphatic rings. The number of halogens is 1. The number of amides is 1. The van der Waals surface area contributed by atoms with Crippen LogP contribution in [-0.2, 0) is 0 Å². The van der Waals surface area contributed by atoms with E-state index >= 15 is 0 Å². The predicted molar refractivity (Wildman–Crippen MR) is 69.3 cm³/mol. The lowest BCUT2D eigenvalue weighted by molar-refractivity contribution is 0.0797. The summed E-state index contributed by atoms with van der Waals surface area (Å²) in [5.74, 6) is 0.0743. The molecule has 0 radical (unpaired) electrons. The van der Waals surface area contributed by atoms with E-state index in [1.54, 1.807) is 4.90 Å². The molecule has 0 atom stereocenters. The summed E-state index contributed by atoms with van der Waals surface area (Å²) < 4.78 is 0. The van der Waals surface area contributed by atoms with Gasteiger partial charge in [-0.2, -0.15) is 0 Å². The maximum Gasteiger partial charge on any atom is 0.253 e. The third-order valence-electron chi connectivity index (χ3n) is 2.34. The highest BCUT2D eigenvalue weighted by molar-refractivity contribution is 5.94. The second kappa shape index (κ2) is 7.25. The maximum atomic E-state index is 11.9. The molecule has 0 aliphatic carbocycles. The molecule has 0 aliphatic heterocycles. The number of carbonyl (C=O) groups is 1. The first-order valence-electron chi connectivity index (χ1n) is 5.12. The Morgan fingerprint density at radius 3 is 2.38 bits per heavy atom. The Labute approximate surface area is 103 Å². The summed E-state index contributed by atoms with van der Waals surface area (Å²) in [5.41, 5.74) is 1.92. The van der Waals surface area contributed by atoms with Crippen LogP contribution in [0.4, 0.5) is 0 Å². The van der Waals surface area contributed by atoms with Gasteiger partial charge in [-0.25, -0.2) is 0 Å². The van der Waals surface area contributed by atoms with Gasteiger partial charge >= 0.3 is 0 Å². The zero-order valence-electron chi connectivity index (χ0n) is 9.99. The number of nitrogens with zero attached hydrogens (tertiary/aromatic N) is 1. The zero-order valence-corrected chi connectivity index (χ0v) is 10.8. The minimum atomic E-state index is 0. The minimum absolute atomic E-state index is 0. The molecule has 0 fully saturated rings. The van der Waals surface area contributed by atoms with Crippen molar-refractivity contribution in [2.24, 2.45) is 0 Å². The average Bonchev–Trinajstić information content (AvgIpc) is 2.26. The first-order chi connectivity index (χ1) is 7.15. The molecular weight excluding hydrogens is 224 g/mol. The Balaban J connectivity index is 0.00000225. The van der Waals surface area contributed by atoms with Crippen molar-refractivity contribution in [2.45, 2.75) is 6.92 Å². The number of benzene rings is 1. The highest BCUT2D eigenvalue weighted by Crippen LogP contribution is 2.05. The number of nitrogens with one attached hydrogen (secondary N) is 1.